The molecule has 3 aliphatic heterocycles. The fraction of sp³-hybridized carbons (Fsp3) is 0.600. The molecule has 3 aromatic heterocycles. The highest BCUT2D eigenvalue weighted by atomic mass is 16.6. The van der Waals surface area contributed by atoms with E-state index >= 15 is 0 Å². The number of imidazole rings is 2. The molecular formula is C60H84N12O7. The fourth-order valence-electron chi connectivity index (χ4n) is 11.8. The average molecular weight is 1090 g/mol. The van der Waals surface area contributed by atoms with Gasteiger partial charge in [-0.2, -0.15) is 0 Å². The highest BCUT2D eigenvalue weighted by molar-refractivity contribution is 6.23. The summed E-state index contributed by atoms with van der Waals surface area (Å²) in [5.41, 5.74) is 6.62. The van der Waals surface area contributed by atoms with Crippen molar-refractivity contribution in [3.8, 4) is 0 Å². The normalized spacial score (nSPS) is 22.3. The molecule has 2 unspecified atom stereocenters. The number of imide groups is 1. The molecule has 5 aromatic rings. The molecule has 4 amide bonds. The first-order valence-corrected chi connectivity index (χ1v) is 29.2. The van der Waals surface area contributed by atoms with E-state index in [1.54, 1.807) is 23.0 Å². The van der Waals surface area contributed by atoms with E-state index in [-0.39, 0.29) is 23.3 Å². The number of hydrogen-bond acceptors (Lipinski definition) is 14. The summed E-state index contributed by atoms with van der Waals surface area (Å²) in [7, 11) is 0. The van der Waals surface area contributed by atoms with Crippen molar-refractivity contribution in [2.45, 2.75) is 198 Å². The van der Waals surface area contributed by atoms with E-state index in [4.69, 9.17) is 9.72 Å². The number of aryl methyl sites for hydroxylation is 1. The van der Waals surface area contributed by atoms with Gasteiger partial charge >= 0.3 is 0 Å². The van der Waals surface area contributed by atoms with Crippen molar-refractivity contribution in [1.29, 1.82) is 0 Å². The first-order chi connectivity index (χ1) is 38.0. The lowest BCUT2D eigenvalue weighted by atomic mass is 9.76. The summed E-state index contributed by atoms with van der Waals surface area (Å²) < 4.78 is 8.14. The summed E-state index contributed by atoms with van der Waals surface area (Å²) in [4.78, 5) is 76.7. The van der Waals surface area contributed by atoms with Gasteiger partial charge in [-0.15, -0.1) is 0 Å². The minimum Gasteiger partial charge on any atom is -0.387 e. The largest absolute Gasteiger partial charge is 0.387 e. The lowest BCUT2D eigenvalue weighted by Crippen LogP contribution is -2.52. The summed E-state index contributed by atoms with van der Waals surface area (Å²) in [5.74, 6) is 1.09. The molecule has 0 spiro atoms. The molecule has 0 bridgehead atoms. The Bertz CT molecular complexity index is 2940. The number of rotatable bonds is 28. The summed E-state index contributed by atoms with van der Waals surface area (Å²) in [6.45, 7) is 17.3. The number of ether oxygens (including phenoxy) is 1. The Hall–Kier alpha value is -6.28. The number of nitrogens with zero attached hydrogens (tertiary/aromatic N) is 7. The second-order valence-corrected chi connectivity index (χ2v) is 23.8. The van der Waals surface area contributed by atoms with Gasteiger partial charge < -0.3 is 41.2 Å². The zero-order valence-electron chi connectivity index (χ0n) is 47.1. The summed E-state index contributed by atoms with van der Waals surface area (Å²) >= 11 is 0. The van der Waals surface area contributed by atoms with Crippen LogP contribution in [0.5, 0.6) is 0 Å². The molecule has 7 N–H and O–H groups in total. The number of unbranched alkanes of at least 4 members (excludes halogenated alkanes) is 9. The number of allylic oxidation sites excluding steroid dienone is 1. The third-order valence-corrected chi connectivity index (χ3v) is 16.6. The molecule has 6 heterocycles. The number of carbonyl (C=O) groups is 4. The molecule has 19 heteroatoms. The molecule has 5 atom stereocenters. The lowest BCUT2D eigenvalue weighted by molar-refractivity contribution is -0.125. The Morgan fingerprint density at radius 3 is 2.32 bits per heavy atom. The number of anilines is 2. The molecular weight excluding hydrogens is 1000 g/mol. The number of aliphatic hydroxyl groups excluding tert-OH is 2. The van der Waals surface area contributed by atoms with Crippen LogP contribution in [0.25, 0.3) is 22.2 Å². The number of fused-ring (bicyclic) bond motifs is 3. The molecule has 3 fully saturated rings. The lowest BCUT2D eigenvalue weighted by Gasteiger charge is -2.46. The van der Waals surface area contributed by atoms with Crippen molar-refractivity contribution in [3.63, 3.8) is 0 Å². The summed E-state index contributed by atoms with van der Waals surface area (Å²) in [6.07, 6.45) is 16.4. The molecule has 0 radical (unpaired) electrons. The van der Waals surface area contributed by atoms with Crippen molar-refractivity contribution in [3.05, 3.63) is 83.8 Å². The van der Waals surface area contributed by atoms with Crippen molar-refractivity contribution in [2.75, 3.05) is 36.8 Å². The van der Waals surface area contributed by atoms with Crippen molar-refractivity contribution >= 4 is 57.3 Å². The smallest absolute Gasteiger partial charge is 0.262 e. The quantitative estimate of drug-likeness (QED) is 0.0184. The van der Waals surface area contributed by atoms with Gasteiger partial charge in [0, 0.05) is 62.5 Å². The molecule has 1 saturated carbocycles. The second-order valence-electron chi connectivity index (χ2n) is 23.8. The Morgan fingerprint density at radius 2 is 1.57 bits per heavy atom. The zero-order chi connectivity index (χ0) is 55.8. The van der Waals surface area contributed by atoms with Crippen LogP contribution in [0.3, 0.4) is 0 Å². The number of aliphatic hydroxyl groups is 2. The van der Waals surface area contributed by atoms with E-state index in [1.165, 1.54) is 24.7 Å². The van der Waals surface area contributed by atoms with E-state index in [2.05, 4.69) is 105 Å². The molecule has 2 aromatic carbocycles. The number of aromatic nitrogens is 6. The molecule has 426 valence electrons. The predicted octanol–water partition coefficient (Wildman–Crippen LogP) is 8.45. The van der Waals surface area contributed by atoms with E-state index in [9.17, 15) is 29.4 Å². The third kappa shape index (κ3) is 13.8. The maximum Gasteiger partial charge on any atom is 0.262 e. The number of aromatic amines is 1. The standard InChI is InChI=1S/C60H84N12O7/c1-37(2)70(42-30-39(31-42)20-26-49-68-45-24-21-40(60(4,5)6)32-46(45)69-49)34-48-52(74)53(75)59(79-48)71-36-66-51-54(64-35-65-55(51)71)63-29-17-16-28-62-50(73)18-14-12-10-8-7-9-11-13-15-27-61-41-22-23-43-44(33-41)58(78)72(57(43)77)47-25-19-38(3)67-56(47)76/h21-24,32-33,35-37,39,42,47-48,52-53,59,61,74-75H,3,7-20,25-31,34H2,1-2,4-6H3,(H,62,73)(H,67,76)(H,68,69)(H,63,64,65)/t39?,42?,47?,48-,52?,53+,59-/m1/s1. The molecule has 9 rings (SSSR count). The highest BCUT2D eigenvalue weighted by Gasteiger charge is 2.47. The maximum absolute atomic E-state index is 13.2. The van der Waals surface area contributed by atoms with Crippen LogP contribution in [0.2, 0.25) is 0 Å². The maximum atomic E-state index is 13.2. The minimum absolute atomic E-state index is 0.0849. The Balaban J connectivity index is 0.600. The van der Waals surface area contributed by atoms with Crippen LogP contribution in [-0.4, -0.2) is 136 Å². The number of benzene rings is 2. The van der Waals surface area contributed by atoms with Gasteiger partial charge in [-0.1, -0.05) is 78.4 Å². The minimum atomic E-state index is -1.16. The Morgan fingerprint density at radius 1 is 0.861 bits per heavy atom. The van der Waals surface area contributed by atoms with Crippen LogP contribution < -0.4 is 21.3 Å². The fourth-order valence-corrected chi connectivity index (χ4v) is 11.8. The van der Waals surface area contributed by atoms with Crippen molar-refractivity contribution < 1.29 is 34.1 Å². The number of carbonyl (C=O) groups excluding carboxylic acids is 4. The van der Waals surface area contributed by atoms with Gasteiger partial charge in [-0.25, -0.2) is 19.9 Å². The SMILES string of the molecule is C=C1CCC(N2C(=O)c3ccc(NCCCCCCCCCCCC(=O)NCCCCNc4ncnc5c4ncn5[C@@H]4O[C@H](CN(C(C)C)C5CC(CCc6nc7ccc(C(C)(C)C)cc7[nH]6)C5)C(O)[C@@H]4O)cc3C2=O)C(=O)N1. The van der Waals surface area contributed by atoms with E-state index < -0.39 is 42.4 Å². The third-order valence-electron chi connectivity index (χ3n) is 16.6. The summed E-state index contributed by atoms with van der Waals surface area (Å²) in [6, 6.07) is 11.5. The number of nitrogens with one attached hydrogen (secondary N) is 5. The van der Waals surface area contributed by atoms with Gasteiger partial charge in [0.15, 0.2) is 23.2 Å². The van der Waals surface area contributed by atoms with Crippen LogP contribution in [0.15, 0.2) is 61.3 Å². The van der Waals surface area contributed by atoms with Crippen LogP contribution in [0.4, 0.5) is 11.5 Å². The monoisotopic (exact) mass is 1080 g/mol. The van der Waals surface area contributed by atoms with Gasteiger partial charge in [0.2, 0.25) is 11.8 Å². The first-order valence-electron chi connectivity index (χ1n) is 29.2. The molecule has 79 heavy (non-hydrogen) atoms. The van der Waals surface area contributed by atoms with Gasteiger partial charge in [-0.3, -0.25) is 33.5 Å². The number of hydrogen-bond donors (Lipinski definition) is 7. The van der Waals surface area contributed by atoms with Crippen LogP contribution >= 0.6 is 0 Å². The van der Waals surface area contributed by atoms with Gasteiger partial charge in [-0.05, 0) is 119 Å². The van der Waals surface area contributed by atoms with Gasteiger partial charge in [0.05, 0.1) is 28.5 Å². The molecule has 1 aliphatic carbocycles. The van der Waals surface area contributed by atoms with E-state index in [1.807, 2.05) is 6.07 Å². The number of H-pyrrole nitrogens is 1. The Labute approximate surface area is 464 Å². The topological polar surface area (TPSA) is 245 Å². The zero-order valence-corrected chi connectivity index (χ0v) is 47.1. The molecule has 2 saturated heterocycles. The predicted molar refractivity (Wildman–Crippen MR) is 305 cm³/mol. The number of amides is 4. The number of piperidine rings is 1. The van der Waals surface area contributed by atoms with E-state index in [0.717, 1.165) is 117 Å². The summed E-state index contributed by atoms with van der Waals surface area (Å²) in [5, 5.41) is 35.1. The van der Waals surface area contributed by atoms with E-state index in [0.29, 0.717) is 84.7 Å². The highest BCUT2D eigenvalue weighted by Crippen LogP contribution is 2.39. The van der Waals surface area contributed by atoms with Gasteiger partial charge in [0.1, 0.15) is 36.5 Å². The second kappa shape index (κ2) is 25.9. The van der Waals surface area contributed by atoms with Crippen molar-refractivity contribution in [2.24, 2.45) is 5.92 Å². The average Bonchev–Trinajstić information content (AvgIpc) is 4.38. The Kier molecular flexibility index (Phi) is 18.8. The first kappa shape index (κ1) is 57.4. The van der Waals surface area contributed by atoms with Gasteiger partial charge in [0.25, 0.3) is 11.8 Å². The van der Waals surface area contributed by atoms with Crippen LogP contribution in [0, 0.1) is 5.92 Å². The molecule has 4 aliphatic rings. The molecule has 19 nitrogen and oxygen atoms in total. The van der Waals surface area contributed by atoms with Crippen molar-refractivity contribution in [1.82, 2.24) is 49.9 Å². The van der Waals surface area contributed by atoms with Crippen LogP contribution in [-0.2, 0) is 26.2 Å². The van der Waals surface area contributed by atoms with Crippen LogP contribution in [0.1, 0.15) is 182 Å².